The second-order valence-corrected chi connectivity index (χ2v) is 6.11. The Hall–Kier alpha value is -2.10. The molecule has 2 atom stereocenters. The first-order chi connectivity index (χ1) is 10.7. The predicted molar refractivity (Wildman–Crippen MR) is 85.7 cm³/mol. The van der Waals surface area contributed by atoms with Crippen LogP contribution >= 0.6 is 0 Å². The SMILES string of the molecule is CCOC(O)C(Cc1ccc(C#N)cc1)NC(=O)OC(C)(C)C. The van der Waals surface area contributed by atoms with Crippen molar-refractivity contribution in [3.05, 3.63) is 35.4 Å². The summed E-state index contributed by atoms with van der Waals surface area (Å²) in [5, 5.41) is 21.5. The molecule has 0 saturated carbocycles. The summed E-state index contributed by atoms with van der Waals surface area (Å²) in [6.07, 6.45) is -1.41. The molecule has 0 aliphatic rings. The number of carbonyl (C=O) groups excluding carboxylic acids is 1. The molecule has 0 heterocycles. The highest BCUT2D eigenvalue weighted by atomic mass is 16.6. The molecule has 0 aliphatic heterocycles. The van der Waals surface area contributed by atoms with Crippen LogP contribution in [0.25, 0.3) is 0 Å². The molecule has 2 unspecified atom stereocenters. The van der Waals surface area contributed by atoms with E-state index >= 15 is 0 Å². The minimum Gasteiger partial charge on any atom is -0.444 e. The molecular weight excluding hydrogens is 296 g/mol. The molecule has 0 spiro atoms. The van der Waals surface area contributed by atoms with Crippen molar-refractivity contribution >= 4 is 6.09 Å². The van der Waals surface area contributed by atoms with Crippen molar-refractivity contribution in [1.29, 1.82) is 5.26 Å². The predicted octanol–water partition coefficient (Wildman–Crippen LogP) is 2.35. The summed E-state index contributed by atoms with van der Waals surface area (Å²) >= 11 is 0. The third-order valence-corrected chi connectivity index (χ3v) is 2.92. The lowest BCUT2D eigenvalue weighted by molar-refractivity contribution is -0.115. The fraction of sp³-hybridized carbons (Fsp3) is 0.529. The van der Waals surface area contributed by atoms with Gasteiger partial charge in [-0.15, -0.1) is 0 Å². The molecule has 1 aromatic rings. The van der Waals surface area contributed by atoms with Gasteiger partial charge in [-0.3, -0.25) is 0 Å². The second kappa shape index (κ2) is 8.51. The lowest BCUT2D eigenvalue weighted by Gasteiger charge is -2.26. The monoisotopic (exact) mass is 320 g/mol. The molecule has 126 valence electrons. The molecule has 0 radical (unpaired) electrons. The van der Waals surface area contributed by atoms with Crippen molar-refractivity contribution in [3.8, 4) is 6.07 Å². The first-order valence-electron chi connectivity index (χ1n) is 7.53. The van der Waals surface area contributed by atoms with Crippen LogP contribution < -0.4 is 5.32 Å². The number of carbonyl (C=O) groups is 1. The van der Waals surface area contributed by atoms with Crippen LogP contribution in [0.3, 0.4) is 0 Å². The van der Waals surface area contributed by atoms with Gasteiger partial charge in [0.1, 0.15) is 5.60 Å². The Balaban J connectivity index is 2.79. The van der Waals surface area contributed by atoms with Crippen molar-refractivity contribution in [1.82, 2.24) is 5.32 Å². The van der Waals surface area contributed by atoms with Gasteiger partial charge in [0, 0.05) is 6.61 Å². The standard InChI is InChI=1S/C17H24N2O4/c1-5-22-15(20)14(19-16(21)23-17(2,3)4)10-12-6-8-13(11-18)9-7-12/h6-9,14-15,20H,5,10H2,1-4H3,(H,19,21). The molecule has 1 rings (SSSR count). The molecule has 0 saturated heterocycles. The number of nitrogens with one attached hydrogen (secondary N) is 1. The molecule has 0 aliphatic carbocycles. The van der Waals surface area contributed by atoms with Gasteiger partial charge in [-0.25, -0.2) is 4.79 Å². The lowest BCUT2D eigenvalue weighted by Crippen LogP contribution is -2.47. The average Bonchev–Trinajstić information content (AvgIpc) is 2.45. The number of ether oxygens (including phenoxy) is 2. The highest BCUT2D eigenvalue weighted by molar-refractivity contribution is 5.68. The number of benzene rings is 1. The number of amides is 1. The maximum atomic E-state index is 11.9. The van der Waals surface area contributed by atoms with Crippen molar-refractivity contribution in [3.63, 3.8) is 0 Å². The van der Waals surface area contributed by atoms with Gasteiger partial charge in [-0.1, -0.05) is 12.1 Å². The molecule has 1 amide bonds. The molecule has 0 bridgehead atoms. The molecular formula is C17H24N2O4. The molecule has 0 aromatic heterocycles. The Morgan fingerprint density at radius 2 is 1.96 bits per heavy atom. The van der Waals surface area contributed by atoms with Crippen LogP contribution in [0.5, 0.6) is 0 Å². The van der Waals surface area contributed by atoms with E-state index in [4.69, 9.17) is 14.7 Å². The van der Waals surface area contributed by atoms with Crippen molar-refractivity contribution in [2.75, 3.05) is 6.61 Å². The van der Waals surface area contributed by atoms with Crippen LogP contribution in [0.15, 0.2) is 24.3 Å². The minimum absolute atomic E-state index is 0.320. The zero-order chi connectivity index (χ0) is 17.5. The Bertz CT molecular complexity index is 543. The molecule has 23 heavy (non-hydrogen) atoms. The summed E-state index contributed by atoms with van der Waals surface area (Å²) < 4.78 is 10.4. The van der Waals surface area contributed by atoms with E-state index in [9.17, 15) is 9.90 Å². The second-order valence-electron chi connectivity index (χ2n) is 6.11. The molecule has 6 heteroatoms. The average molecular weight is 320 g/mol. The number of hydrogen-bond acceptors (Lipinski definition) is 5. The number of rotatable bonds is 6. The third kappa shape index (κ3) is 7.13. The molecule has 2 N–H and O–H groups in total. The number of alkyl carbamates (subject to hydrolysis) is 1. The number of nitriles is 1. The zero-order valence-corrected chi connectivity index (χ0v) is 14.0. The molecule has 0 fully saturated rings. The number of aliphatic hydroxyl groups excluding tert-OH is 1. The number of aliphatic hydroxyl groups is 1. The van der Waals surface area contributed by atoms with E-state index in [0.717, 1.165) is 5.56 Å². The van der Waals surface area contributed by atoms with Gasteiger partial charge in [0.2, 0.25) is 0 Å². The number of hydrogen-bond donors (Lipinski definition) is 2. The van der Waals surface area contributed by atoms with Crippen LogP contribution in [-0.4, -0.2) is 35.7 Å². The Kier molecular flexibility index (Phi) is 7.01. The van der Waals surface area contributed by atoms with Crippen molar-refractivity contribution < 1.29 is 19.4 Å². The fourth-order valence-electron chi connectivity index (χ4n) is 1.94. The summed E-state index contributed by atoms with van der Waals surface area (Å²) in [5.74, 6) is 0. The minimum atomic E-state index is -1.15. The van der Waals surface area contributed by atoms with E-state index in [1.165, 1.54) is 0 Å². The van der Waals surface area contributed by atoms with E-state index in [0.29, 0.717) is 18.6 Å². The maximum absolute atomic E-state index is 11.9. The summed E-state index contributed by atoms with van der Waals surface area (Å²) in [5.41, 5.74) is 0.791. The van der Waals surface area contributed by atoms with Crippen LogP contribution in [0.2, 0.25) is 0 Å². The summed E-state index contributed by atoms with van der Waals surface area (Å²) in [6, 6.07) is 8.32. The Morgan fingerprint density at radius 1 is 1.35 bits per heavy atom. The normalized spacial score (nSPS) is 13.7. The van der Waals surface area contributed by atoms with Gasteiger partial charge in [0.25, 0.3) is 0 Å². The highest BCUT2D eigenvalue weighted by Gasteiger charge is 2.25. The van der Waals surface area contributed by atoms with E-state index in [1.807, 2.05) is 6.07 Å². The topological polar surface area (TPSA) is 91.6 Å². The number of nitrogens with zero attached hydrogens (tertiary/aromatic N) is 1. The Morgan fingerprint density at radius 3 is 2.43 bits per heavy atom. The van der Waals surface area contributed by atoms with E-state index in [2.05, 4.69) is 5.32 Å². The van der Waals surface area contributed by atoms with Crippen LogP contribution in [0, 0.1) is 11.3 Å². The first kappa shape index (κ1) is 18.9. The van der Waals surface area contributed by atoms with E-state index in [1.54, 1.807) is 52.0 Å². The van der Waals surface area contributed by atoms with E-state index < -0.39 is 24.0 Å². The summed E-state index contributed by atoms with van der Waals surface area (Å²) in [6.45, 7) is 7.38. The van der Waals surface area contributed by atoms with Gasteiger partial charge in [-0.2, -0.15) is 5.26 Å². The quantitative estimate of drug-likeness (QED) is 0.785. The van der Waals surface area contributed by atoms with Crippen LogP contribution in [0.4, 0.5) is 4.79 Å². The molecule has 1 aromatic carbocycles. The first-order valence-corrected chi connectivity index (χ1v) is 7.53. The van der Waals surface area contributed by atoms with Crippen molar-refractivity contribution in [2.24, 2.45) is 0 Å². The Labute approximate surface area is 137 Å². The summed E-state index contributed by atoms with van der Waals surface area (Å²) in [4.78, 5) is 11.9. The highest BCUT2D eigenvalue weighted by Crippen LogP contribution is 2.12. The van der Waals surface area contributed by atoms with Crippen LogP contribution in [-0.2, 0) is 15.9 Å². The smallest absolute Gasteiger partial charge is 0.408 e. The summed E-state index contributed by atoms with van der Waals surface area (Å²) in [7, 11) is 0. The van der Waals surface area contributed by atoms with Gasteiger partial charge >= 0.3 is 6.09 Å². The van der Waals surface area contributed by atoms with Gasteiger partial charge < -0.3 is 19.9 Å². The van der Waals surface area contributed by atoms with E-state index in [-0.39, 0.29) is 0 Å². The molecule has 6 nitrogen and oxygen atoms in total. The van der Waals surface area contributed by atoms with Crippen molar-refractivity contribution in [2.45, 2.75) is 52.0 Å². The zero-order valence-electron chi connectivity index (χ0n) is 14.0. The van der Waals surface area contributed by atoms with Gasteiger partial charge in [0.15, 0.2) is 6.29 Å². The van der Waals surface area contributed by atoms with Crippen LogP contribution in [0.1, 0.15) is 38.8 Å². The lowest BCUT2D eigenvalue weighted by atomic mass is 10.0. The largest absolute Gasteiger partial charge is 0.444 e. The maximum Gasteiger partial charge on any atom is 0.408 e. The van der Waals surface area contributed by atoms with Gasteiger partial charge in [0.05, 0.1) is 17.7 Å². The fourth-order valence-corrected chi connectivity index (χ4v) is 1.94. The third-order valence-electron chi connectivity index (χ3n) is 2.92. The van der Waals surface area contributed by atoms with Gasteiger partial charge in [-0.05, 0) is 51.8 Å².